The lowest BCUT2D eigenvalue weighted by molar-refractivity contribution is -0.168. The first-order chi connectivity index (χ1) is 9.34. The van der Waals surface area contributed by atoms with Crippen molar-refractivity contribution in [2.45, 2.75) is 37.0 Å². The number of hydrogen-bond donors (Lipinski definition) is 1. The van der Waals surface area contributed by atoms with Gasteiger partial charge < -0.3 is 4.90 Å². The van der Waals surface area contributed by atoms with Crippen LogP contribution in [-0.2, 0) is 4.79 Å². The number of nitrogens with zero attached hydrogens (tertiary/aromatic N) is 1. The Labute approximate surface area is 114 Å². The summed E-state index contributed by atoms with van der Waals surface area (Å²) >= 11 is 0. The van der Waals surface area contributed by atoms with Gasteiger partial charge in [-0.05, 0) is 24.5 Å². The molecule has 1 saturated carbocycles. The zero-order valence-electron chi connectivity index (χ0n) is 11.0. The lowest BCUT2D eigenvalue weighted by Crippen LogP contribution is -2.49. The summed E-state index contributed by atoms with van der Waals surface area (Å²) in [6.45, 7) is 0. The fourth-order valence-corrected chi connectivity index (χ4v) is 2.74. The van der Waals surface area contributed by atoms with Gasteiger partial charge in [0, 0.05) is 25.2 Å². The van der Waals surface area contributed by atoms with Gasteiger partial charge in [-0.25, -0.2) is 0 Å². The molecular formula is C14H15F3N2O. The largest absolute Gasteiger partial charge is 0.406 e. The molecule has 3 rings (SSSR count). The molecule has 0 aromatic heterocycles. The van der Waals surface area contributed by atoms with Gasteiger partial charge in [-0.2, -0.15) is 13.2 Å². The van der Waals surface area contributed by atoms with Crippen molar-refractivity contribution in [1.29, 1.82) is 0 Å². The summed E-state index contributed by atoms with van der Waals surface area (Å²) < 4.78 is 39.1. The second-order valence-electron chi connectivity index (χ2n) is 5.49. The normalized spacial score (nSPS) is 24.5. The van der Waals surface area contributed by atoms with Gasteiger partial charge in [0.25, 0.3) is 0 Å². The molecule has 1 unspecified atom stereocenters. The minimum atomic E-state index is -4.27. The Morgan fingerprint density at radius 2 is 1.95 bits per heavy atom. The van der Waals surface area contributed by atoms with Crippen LogP contribution in [0.4, 0.5) is 18.9 Å². The van der Waals surface area contributed by atoms with E-state index in [2.05, 4.69) is 5.32 Å². The molecule has 6 heteroatoms. The maximum atomic E-state index is 13.0. The average Bonchev–Trinajstić information content (AvgIpc) is 3.16. The molecule has 0 radical (unpaired) electrons. The third-order valence-corrected chi connectivity index (χ3v) is 4.17. The van der Waals surface area contributed by atoms with Crippen molar-refractivity contribution in [3.05, 3.63) is 29.8 Å². The zero-order valence-corrected chi connectivity index (χ0v) is 11.0. The number of carbonyl (C=O) groups excluding carboxylic acids is 1. The zero-order chi connectivity index (χ0) is 14.5. The number of nitrogens with one attached hydrogen (secondary N) is 1. The highest BCUT2D eigenvalue weighted by Gasteiger charge is 2.64. The molecule has 3 nitrogen and oxygen atoms in total. The standard InChI is InChI=1S/C14H15F3N2O/c1-19-11-5-3-2-4-9(11)10(8-12(19)20)18-13(6-7-13)14(15,16)17/h2-5,10,18H,6-8H2,1H3. The molecular weight excluding hydrogens is 269 g/mol. The number of benzene rings is 1. The molecule has 1 aliphatic heterocycles. The average molecular weight is 284 g/mol. The summed E-state index contributed by atoms with van der Waals surface area (Å²) in [7, 11) is 1.65. The maximum absolute atomic E-state index is 13.0. The molecule has 0 bridgehead atoms. The van der Waals surface area contributed by atoms with Crippen molar-refractivity contribution in [1.82, 2.24) is 5.32 Å². The third kappa shape index (κ3) is 1.98. The number of fused-ring (bicyclic) bond motifs is 1. The van der Waals surface area contributed by atoms with Gasteiger partial charge in [0.15, 0.2) is 0 Å². The molecule has 1 amide bonds. The van der Waals surface area contributed by atoms with Crippen LogP contribution in [0, 0.1) is 0 Å². The Kier molecular flexibility index (Phi) is 2.83. The number of amides is 1. The maximum Gasteiger partial charge on any atom is 0.406 e. The summed E-state index contributed by atoms with van der Waals surface area (Å²) in [5.74, 6) is -0.167. The molecule has 0 spiro atoms. The van der Waals surface area contributed by atoms with Crippen molar-refractivity contribution in [3.63, 3.8) is 0 Å². The van der Waals surface area contributed by atoms with E-state index < -0.39 is 17.8 Å². The van der Waals surface area contributed by atoms with E-state index in [0.717, 1.165) is 5.56 Å². The number of para-hydroxylation sites is 1. The molecule has 1 aromatic rings. The minimum absolute atomic E-state index is 0.0609. The summed E-state index contributed by atoms with van der Waals surface area (Å²) in [6.07, 6.45) is -4.04. The first-order valence-corrected chi connectivity index (χ1v) is 6.54. The van der Waals surface area contributed by atoms with Crippen molar-refractivity contribution in [2.75, 3.05) is 11.9 Å². The van der Waals surface area contributed by atoms with E-state index in [1.165, 1.54) is 4.90 Å². The van der Waals surface area contributed by atoms with E-state index in [4.69, 9.17) is 0 Å². The van der Waals surface area contributed by atoms with Gasteiger partial charge in [0.1, 0.15) is 5.54 Å². The van der Waals surface area contributed by atoms with Crippen molar-refractivity contribution >= 4 is 11.6 Å². The fraction of sp³-hybridized carbons (Fsp3) is 0.500. The van der Waals surface area contributed by atoms with Gasteiger partial charge in [-0.15, -0.1) is 0 Å². The van der Waals surface area contributed by atoms with E-state index in [0.29, 0.717) is 5.69 Å². The minimum Gasteiger partial charge on any atom is -0.315 e. The second-order valence-corrected chi connectivity index (χ2v) is 5.49. The predicted molar refractivity (Wildman–Crippen MR) is 68.4 cm³/mol. The van der Waals surface area contributed by atoms with Crippen LogP contribution in [0.3, 0.4) is 0 Å². The van der Waals surface area contributed by atoms with Crippen LogP contribution in [0.2, 0.25) is 0 Å². The molecule has 1 aromatic carbocycles. The summed E-state index contributed by atoms with van der Waals surface area (Å²) in [4.78, 5) is 13.4. The Hall–Kier alpha value is -1.56. The Morgan fingerprint density at radius 3 is 2.55 bits per heavy atom. The molecule has 2 aliphatic rings. The van der Waals surface area contributed by atoms with Gasteiger partial charge in [-0.1, -0.05) is 18.2 Å². The predicted octanol–water partition coefficient (Wildman–Crippen LogP) is 2.78. The second kappa shape index (κ2) is 4.22. The molecule has 20 heavy (non-hydrogen) atoms. The molecule has 0 saturated heterocycles. The monoisotopic (exact) mass is 284 g/mol. The van der Waals surface area contributed by atoms with Gasteiger partial charge in [0.05, 0.1) is 0 Å². The molecule has 1 N–H and O–H groups in total. The van der Waals surface area contributed by atoms with Gasteiger partial charge in [-0.3, -0.25) is 10.1 Å². The summed E-state index contributed by atoms with van der Waals surface area (Å²) in [6, 6.07) is 6.53. The SMILES string of the molecule is CN1C(=O)CC(NC2(C(F)(F)F)CC2)c2ccccc21. The lowest BCUT2D eigenvalue weighted by atomic mass is 9.95. The Balaban J connectivity index is 1.92. The first kappa shape index (κ1) is 13.4. The molecule has 1 heterocycles. The molecule has 1 atom stereocenters. The quantitative estimate of drug-likeness (QED) is 0.905. The Bertz CT molecular complexity index is 552. The molecule has 1 fully saturated rings. The van der Waals surface area contributed by atoms with E-state index >= 15 is 0 Å². The number of hydrogen-bond acceptors (Lipinski definition) is 2. The highest BCUT2D eigenvalue weighted by Crippen LogP contribution is 2.51. The molecule has 1 aliphatic carbocycles. The number of carbonyl (C=O) groups is 1. The van der Waals surface area contributed by atoms with Crippen LogP contribution in [0.25, 0.3) is 0 Å². The van der Waals surface area contributed by atoms with Crippen LogP contribution in [-0.4, -0.2) is 24.7 Å². The van der Waals surface area contributed by atoms with Crippen molar-refractivity contribution in [2.24, 2.45) is 0 Å². The van der Waals surface area contributed by atoms with Gasteiger partial charge >= 0.3 is 6.18 Å². The Morgan fingerprint density at radius 1 is 1.30 bits per heavy atom. The van der Waals surface area contributed by atoms with Crippen LogP contribution in [0.1, 0.15) is 30.9 Å². The number of alkyl halides is 3. The van der Waals surface area contributed by atoms with Crippen LogP contribution in [0.5, 0.6) is 0 Å². The van der Waals surface area contributed by atoms with Gasteiger partial charge in [0.2, 0.25) is 5.91 Å². The smallest absolute Gasteiger partial charge is 0.315 e. The van der Waals surface area contributed by atoms with Crippen LogP contribution in [0.15, 0.2) is 24.3 Å². The summed E-state index contributed by atoms with van der Waals surface area (Å²) in [5, 5.41) is 2.68. The van der Waals surface area contributed by atoms with E-state index in [9.17, 15) is 18.0 Å². The fourth-order valence-electron chi connectivity index (χ4n) is 2.74. The number of rotatable bonds is 2. The first-order valence-electron chi connectivity index (χ1n) is 6.54. The van der Waals surface area contributed by atoms with E-state index in [1.807, 2.05) is 0 Å². The third-order valence-electron chi connectivity index (χ3n) is 4.17. The van der Waals surface area contributed by atoms with Crippen molar-refractivity contribution in [3.8, 4) is 0 Å². The number of halogens is 3. The summed E-state index contributed by atoms with van der Waals surface area (Å²) in [5.41, 5.74) is -0.370. The van der Waals surface area contributed by atoms with E-state index in [-0.39, 0.29) is 25.2 Å². The molecule has 108 valence electrons. The van der Waals surface area contributed by atoms with Crippen LogP contribution >= 0.6 is 0 Å². The highest BCUT2D eigenvalue weighted by atomic mass is 19.4. The lowest BCUT2D eigenvalue weighted by Gasteiger charge is -2.35. The van der Waals surface area contributed by atoms with E-state index in [1.54, 1.807) is 31.3 Å². The van der Waals surface area contributed by atoms with Crippen LogP contribution < -0.4 is 10.2 Å². The highest BCUT2D eigenvalue weighted by molar-refractivity contribution is 5.96. The van der Waals surface area contributed by atoms with Crippen molar-refractivity contribution < 1.29 is 18.0 Å². The number of anilines is 1. The topological polar surface area (TPSA) is 32.3 Å².